The van der Waals surface area contributed by atoms with E-state index in [0.29, 0.717) is 19.0 Å². The van der Waals surface area contributed by atoms with Crippen LogP contribution in [0.3, 0.4) is 0 Å². The minimum absolute atomic E-state index is 0. The second-order valence-corrected chi connectivity index (χ2v) is 7.59. The van der Waals surface area contributed by atoms with Crippen molar-refractivity contribution in [3.63, 3.8) is 0 Å². The first kappa shape index (κ1) is 25.0. The molecule has 6 nitrogen and oxygen atoms in total. The maximum atomic E-state index is 11.9. The highest BCUT2D eigenvalue weighted by molar-refractivity contribution is 14.0. The van der Waals surface area contributed by atoms with Gasteiger partial charge in [-0.3, -0.25) is 4.79 Å². The summed E-state index contributed by atoms with van der Waals surface area (Å²) in [6, 6.07) is 7.73. The molecule has 0 spiro atoms. The van der Waals surface area contributed by atoms with Gasteiger partial charge in [0.05, 0.1) is 11.0 Å². The highest BCUT2D eigenvalue weighted by Gasteiger charge is 2.13. The summed E-state index contributed by atoms with van der Waals surface area (Å²) in [4.78, 5) is 16.2. The molecule has 0 saturated carbocycles. The molecule has 3 N–H and O–H groups in total. The predicted molar refractivity (Wildman–Crippen MR) is 122 cm³/mol. The fraction of sp³-hybridized carbons (Fsp3) is 0.556. The number of carbonyl (C=O) groups is 1. The summed E-state index contributed by atoms with van der Waals surface area (Å²) in [6.07, 6.45) is -0.0639. The summed E-state index contributed by atoms with van der Waals surface area (Å²) >= 11 is 3.47. The molecule has 0 aliphatic rings. The Morgan fingerprint density at radius 3 is 2.50 bits per heavy atom. The third kappa shape index (κ3) is 10.8. The lowest BCUT2D eigenvalue weighted by Crippen LogP contribution is -2.44. The summed E-state index contributed by atoms with van der Waals surface area (Å²) in [7, 11) is 0. The number of nitrogens with one attached hydrogen (secondary N) is 3. The van der Waals surface area contributed by atoms with Crippen LogP contribution >= 0.6 is 39.9 Å². The number of rotatable bonds is 7. The molecule has 1 atom stereocenters. The number of halogens is 2. The van der Waals surface area contributed by atoms with Crippen molar-refractivity contribution < 1.29 is 9.53 Å². The topological polar surface area (TPSA) is 74.8 Å². The van der Waals surface area contributed by atoms with Crippen LogP contribution in [-0.2, 0) is 4.79 Å². The van der Waals surface area contributed by atoms with Gasteiger partial charge in [0.2, 0.25) is 5.91 Å². The van der Waals surface area contributed by atoms with Crippen LogP contribution < -0.4 is 20.7 Å². The molecule has 0 aliphatic carbocycles. The van der Waals surface area contributed by atoms with E-state index in [4.69, 9.17) is 4.74 Å². The van der Waals surface area contributed by atoms with Crippen molar-refractivity contribution in [2.75, 3.05) is 19.6 Å². The summed E-state index contributed by atoms with van der Waals surface area (Å²) in [6.45, 7) is 11.1. The van der Waals surface area contributed by atoms with E-state index < -0.39 is 0 Å². The summed E-state index contributed by atoms with van der Waals surface area (Å²) in [5.74, 6) is 1.28. The van der Waals surface area contributed by atoms with Gasteiger partial charge in [0.15, 0.2) is 5.96 Å². The van der Waals surface area contributed by atoms with E-state index in [2.05, 4.69) is 36.9 Å². The van der Waals surface area contributed by atoms with Crippen LogP contribution in [0.2, 0.25) is 0 Å². The number of nitrogens with zero attached hydrogens (tertiary/aromatic N) is 1. The average molecular weight is 541 g/mol. The Balaban J connectivity index is 0.00000625. The van der Waals surface area contributed by atoms with Crippen LogP contribution in [-0.4, -0.2) is 43.1 Å². The number of carbonyl (C=O) groups excluding carboxylic acids is 1. The molecule has 1 unspecified atom stereocenters. The van der Waals surface area contributed by atoms with Crippen LogP contribution in [0.15, 0.2) is 33.7 Å². The lowest BCUT2D eigenvalue weighted by atomic mass is 10.1. The van der Waals surface area contributed by atoms with Gasteiger partial charge in [-0.1, -0.05) is 12.1 Å². The van der Waals surface area contributed by atoms with E-state index >= 15 is 0 Å². The number of amides is 1. The minimum atomic E-state index is -0.260. The zero-order chi connectivity index (χ0) is 18.9. The number of para-hydroxylation sites is 1. The summed E-state index contributed by atoms with van der Waals surface area (Å²) in [5.41, 5.74) is -0.260. The third-order valence-electron chi connectivity index (χ3n) is 2.96. The number of benzene rings is 1. The molecule has 1 aromatic carbocycles. The van der Waals surface area contributed by atoms with Crippen molar-refractivity contribution in [1.82, 2.24) is 16.0 Å². The van der Waals surface area contributed by atoms with Gasteiger partial charge in [0.25, 0.3) is 0 Å². The van der Waals surface area contributed by atoms with Crippen molar-refractivity contribution in [3.05, 3.63) is 28.7 Å². The molecule has 0 radical (unpaired) electrons. The van der Waals surface area contributed by atoms with Gasteiger partial charge in [0.1, 0.15) is 18.4 Å². The third-order valence-corrected chi connectivity index (χ3v) is 3.62. The quantitative estimate of drug-likeness (QED) is 0.282. The van der Waals surface area contributed by atoms with Crippen LogP contribution in [0.5, 0.6) is 5.75 Å². The first-order chi connectivity index (χ1) is 11.7. The fourth-order valence-electron chi connectivity index (χ4n) is 1.99. The molecule has 26 heavy (non-hydrogen) atoms. The second-order valence-electron chi connectivity index (χ2n) is 6.73. The van der Waals surface area contributed by atoms with Crippen molar-refractivity contribution in [3.8, 4) is 5.75 Å². The molecule has 0 saturated heterocycles. The normalized spacial score (nSPS) is 12.6. The SMILES string of the molecule is CCNC(=NCC(=O)NC(C)(C)C)NCC(C)Oc1ccccc1Br.I. The Kier molecular flexibility index (Phi) is 11.9. The van der Waals surface area contributed by atoms with E-state index in [-0.39, 0.29) is 48.1 Å². The first-order valence-electron chi connectivity index (χ1n) is 8.45. The molecule has 1 aromatic rings. The first-order valence-corrected chi connectivity index (χ1v) is 9.25. The number of guanidine groups is 1. The number of aliphatic imine (C=N–C) groups is 1. The monoisotopic (exact) mass is 540 g/mol. The van der Waals surface area contributed by atoms with Crippen LogP contribution in [0.4, 0.5) is 0 Å². The number of hydrogen-bond donors (Lipinski definition) is 3. The van der Waals surface area contributed by atoms with E-state index in [1.54, 1.807) is 0 Å². The van der Waals surface area contributed by atoms with Gasteiger partial charge < -0.3 is 20.7 Å². The van der Waals surface area contributed by atoms with E-state index in [9.17, 15) is 4.79 Å². The molecule has 148 valence electrons. The van der Waals surface area contributed by atoms with Crippen LogP contribution in [0.25, 0.3) is 0 Å². The summed E-state index contributed by atoms with van der Waals surface area (Å²) in [5, 5.41) is 9.21. The Hall–Kier alpha value is -1.03. The molecule has 8 heteroatoms. The van der Waals surface area contributed by atoms with Gasteiger partial charge >= 0.3 is 0 Å². The molecule has 1 rings (SSSR count). The largest absolute Gasteiger partial charge is 0.488 e. The molecule has 1 amide bonds. The molecule has 0 fully saturated rings. The zero-order valence-electron chi connectivity index (χ0n) is 16.1. The Labute approximate surface area is 182 Å². The molecular formula is C18H30BrIN4O2. The Morgan fingerprint density at radius 2 is 1.92 bits per heavy atom. The fourth-order valence-corrected chi connectivity index (χ4v) is 2.37. The second kappa shape index (κ2) is 12.4. The minimum Gasteiger partial charge on any atom is -0.488 e. The molecule has 0 bridgehead atoms. The maximum absolute atomic E-state index is 11.9. The predicted octanol–water partition coefficient (Wildman–Crippen LogP) is 3.30. The van der Waals surface area contributed by atoms with Gasteiger partial charge in [-0.05, 0) is 62.7 Å². The Bertz CT molecular complexity index is 591. The van der Waals surface area contributed by atoms with E-state index in [1.807, 2.05) is 58.9 Å². The Morgan fingerprint density at radius 1 is 1.27 bits per heavy atom. The molecule has 0 aliphatic heterocycles. The van der Waals surface area contributed by atoms with Gasteiger partial charge in [-0.2, -0.15) is 0 Å². The molecular weight excluding hydrogens is 511 g/mol. The highest BCUT2D eigenvalue weighted by atomic mass is 127. The lowest BCUT2D eigenvalue weighted by molar-refractivity contribution is -0.121. The van der Waals surface area contributed by atoms with Gasteiger partial charge in [0, 0.05) is 12.1 Å². The van der Waals surface area contributed by atoms with E-state index in [1.165, 1.54) is 0 Å². The lowest BCUT2D eigenvalue weighted by Gasteiger charge is -2.20. The molecule has 0 aromatic heterocycles. The summed E-state index contributed by atoms with van der Waals surface area (Å²) < 4.78 is 6.81. The van der Waals surface area contributed by atoms with Crippen molar-refractivity contribution in [2.45, 2.75) is 46.3 Å². The molecule has 0 heterocycles. The van der Waals surface area contributed by atoms with Gasteiger partial charge in [-0.25, -0.2) is 4.99 Å². The smallest absolute Gasteiger partial charge is 0.242 e. The highest BCUT2D eigenvalue weighted by Crippen LogP contribution is 2.24. The maximum Gasteiger partial charge on any atom is 0.242 e. The number of hydrogen-bond acceptors (Lipinski definition) is 3. The van der Waals surface area contributed by atoms with E-state index in [0.717, 1.165) is 10.2 Å². The average Bonchev–Trinajstić information content (AvgIpc) is 2.50. The number of ether oxygens (including phenoxy) is 1. The standard InChI is InChI=1S/C18H29BrN4O2.HI/c1-6-20-17(22-12-16(24)23-18(3,4)5)21-11-13(2)25-15-10-8-7-9-14(15)19;/h7-10,13H,6,11-12H2,1-5H3,(H,23,24)(H2,20,21,22);1H. The van der Waals surface area contributed by atoms with Crippen molar-refractivity contribution >= 4 is 51.8 Å². The van der Waals surface area contributed by atoms with Crippen LogP contribution in [0.1, 0.15) is 34.6 Å². The zero-order valence-corrected chi connectivity index (χ0v) is 20.0. The van der Waals surface area contributed by atoms with Crippen LogP contribution in [0, 0.1) is 0 Å². The van der Waals surface area contributed by atoms with Gasteiger partial charge in [-0.15, -0.1) is 24.0 Å². The van der Waals surface area contributed by atoms with Crippen molar-refractivity contribution in [2.24, 2.45) is 4.99 Å². The van der Waals surface area contributed by atoms with Crippen molar-refractivity contribution in [1.29, 1.82) is 0 Å².